The lowest BCUT2D eigenvalue weighted by atomic mass is 9.85. The molecule has 2 aromatic rings. The largest absolute Gasteiger partial charge is 0.342 e. The third-order valence-corrected chi connectivity index (χ3v) is 7.60. The molecule has 1 unspecified atom stereocenters. The van der Waals surface area contributed by atoms with Gasteiger partial charge in [0.1, 0.15) is 0 Å². The summed E-state index contributed by atoms with van der Waals surface area (Å²) in [5.41, 5.74) is 7.19. The van der Waals surface area contributed by atoms with Crippen LogP contribution in [0.15, 0.2) is 36.5 Å². The molecule has 3 fully saturated rings. The first-order chi connectivity index (χ1) is 15.5. The van der Waals surface area contributed by atoms with Gasteiger partial charge in [0.2, 0.25) is 5.91 Å². The Morgan fingerprint density at radius 3 is 2.62 bits per heavy atom. The smallest absolute Gasteiger partial charge is 0.276 e. The number of nitrogens with zero attached hydrogens (tertiary/aromatic N) is 5. The van der Waals surface area contributed by atoms with Crippen LogP contribution >= 0.6 is 0 Å². The van der Waals surface area contributed by atoms with E-state index in [2.05, 4.69) is 22.4 Å². The van der Waals surface area contributed by atoms with E-state index >= 15 is 0 Å². The zero-order valence-electron chi connectivity index (χ0n) is 18.5. The van der Waals surface area contributed by atoms with Crippen LogP contribution in [-0.2, 0) is 11.2 Å². The maximum Gasteiger partial charge on any atom is 0.276 e. The highest BCUT2D eigenvalue weighted by atomic mass is 16.2. The van der Waals surface area contributed by atoms with Crippen molar-refractivity contribution in [1.29, 1.82) is 0 Å². The van der Waals surface area contributed by atoms with E-state index in [1.807, 2.05) is 27.8 Å². The normalized spacial score (nSPS) is 28.1. The van der Waals surface area contributed by atoms with Crippen molar-refractivity contribution in [2.75, 3.05) is 26.2 Å². The van der Waals surface area contributed by atoms with Gasteiger partial charge in [-0.1, -0.05) is 35.5 Å². The Morgan fingerprint density at radius 1 is 1.09 bits per heavy atom. The van der Waals surface area contributed by atoms with Gasteiger partial charge in [-0.3, -0.25) is 9.59 Å². The number of hydrogen-bond donors (Lipinski definition) is 1. The van der Waals surface area contributed by atoms with Gasteiger partial charge in [-0.2, -0.15) is 0 Å². The third-order valence-electron chi connectivity index (χ3n) is 7.60. The summed E-state index contributed by atoms with van der Waals surface area (Å²) in [7, 11) is 0. The molecule has 1 aromatic carbocycles. The highest BCUT2D eigenvalue weighted by molar-refractivity contribution is 5.93. The Kier molecular flexibility index (Phi) is 5.71. The monoisotopic (exact) mass is 436 g/mol. The van der Waals surface area contributed by atoms with Crippen molar-refractivity contribution < 1.29 is 9.59 Å². The van der Waals surface area contributed by atoms with Crippen LogP contribution in [-0.4, -0.2) is 68.8 Å². The van der Waals surface area contributed by atoms with Crippen LogP contribution in [0.25, 0.3) is 0 Å². The average Bonchev–Trinajstić information content (AvgIpc) is 3.54. The summed E-state index contributed by atoms with van der Waals surface area (Å²) in [5.74, 6) is 0.0853. The van der Waals surface area contributed by atoms with E-state index in [-0.39, 0.29) is 23.9 Å². The van der Waals surface area contributed by atoms with E-state index in [1.54, 1.807) is 11.1 Å². The lowest BCUT2D eigenvalue weighted by molar-refractivity contribution is -0.135. The molecule has 0 bridgehead atoms. The Labute approximate surface area is 188 Å². The topological polar surface area (TPSA) is 97.3 Å². The zero-order chi connectivity index (χ0) is 22.1. The van der Waals surface area contributed by atoms with Gasteiger partial charge >= 0.3 is 0 Å². The van der Waals surface area contributed by atoms with E-state index in [9.17, 15) is 9.59 Å². The zero-order valence-corrected chi connectivity index (χ0v) is 18.5. The number of rotatable bonds is 5. The van der Waals surface area contributed by atoms with E-state index in [0.29, 0.717) is 18.8 Å². The van der Waals surface area contributed by atoms with Crippen molar-refractivity contribution >= 4 is 11.8 Å². The maximum absolute atomic E-state index is 13.2. The van der Waals surface area contributed by atoms with Crippen LogP contribution < -0.4 is 5.73 Å². The molecule has 2 aliphatic heterocycles. The lowest BCUT2D eigenvalue weighted by Crippen LogP contribution is -2.39. The standard InChI is InChI=1S/C24H32N6O2/c25-19-6-8-20(9-7-19)30-16-21(26-27-30)22(31)29-15-12-24(17-29)11-14-28(23(24)32)13-10-18-4-2-1-3-5-18/h1-5,16,19-20H,6-15,17,25H2. The second kappa shape index (κ2) is 8.65. The summed E-state index contributed by atoms with van der Waals surface area (Å²) in [6, 6.07) is 10.8. The van der Waals surface area contributed by atoms with Crippen LogP contribution in [0.5, 0.6) is 0 Å². The van der Waals surface area contributed by atoms with Gasteiger partial charge in [0.15, 0.2) is 5.69 Å². The van der Waals surface area contributed by atoms with E-state index in [1.165, 1.54) is 5.56 Å². The highest BCUT2D eigenvalue weighted by Gasteiger charge is 2.51. The van der Waals surface area contributed by atoms with E-state index in [4.69, 9.17) is 5.73 Å². The molecule has 5 rings (SSSR count). The minimum Gasteiger partial charge on any atom is -0.342 e. The molecule has 1 spiro atoms. The minimum atomic E-state index is -0.429. The number of benzene rings is 1. The molecule has 8 heteroatoms. The second-order valence-electron chi connectivity index (χ2n) is 9.69. The van der Waals surface area contributed by atoms with Crippen molar-refractivity contribution in [1.82, 2.24) is 24.8 Å². The number of carbonyl (C=O) groups is 2. The molecule has 2 saturated heterocycles. The van der Waals surface area contributed by atoms with Gasteiger partial charge in [-0.15, -0.1) is 5.10 Å². The number of likely N-dealkylation sites (tertiary alicyclic amines) is 2. The SMILES string of the molecule is NC1CCC(n2cc(C(=O)N3CCC4(CCN(CCc5ccccc5)C4=O)C3)nn2)CC1. The van der Waals surface area contributed by atoms with Crippen molar-refractivity contribution in [2.24, 2.45) is 11.1 Å². The molecular formula is C24H32N6O2. The first kappa shape index (κ1) is 21.1. The van der Waals surface area contributed by atoms with Crippen LogP contribution in [0.4, 0.5) is 0 Å². The maximum atomic E-state index is 13.2. The number of carbonyl (C=O) groups excluding carboxylic acids is 2. The molecule has 170 valence electrons. The van der Waals surface area contributed by atoms with Gasteiger partial charge in [-0.25, -0.2) is 4.68 Å². The third kappa shape index (κ3) is 4.03. The second-order valence-corrected chi connectivity index (χ2v) is 9.69. The van der Waals surface area contributed by atoms with Crippen molar-refractivity contribution in [2.45, 2.75) is 57.0 Å². The molecule has 1 aromatic heterocycles. The molecule has 0 radical (unpaired) electrons. The van der Waals surface area contributed by atoms with Gasteiger partial charge < -0.3 is 15.5 Å². The predicted octanol–water partition coefficient (Wildman–Crippen LogP) is 2.03. The van der Waals surface area contributed by atoms with Gasteiger partial charge in [0.05, 0.1) is 17.7 Å². The van der Waals surface area contributed by atoms with Crippen LogP contribution in [0, 0.1) is 5.41 Å². The van der Waals surface area contributed by atoms with Crippen molar-refractivity contribution in [3.8, 4) is 0 Å². The summed E-state index contributed by atoms with van der Waals surface area (Å²) in [4.78, 5) is 30.1. The molecule has 1 atom stereocenters. The predicted molar refractivity (Wildman–Crippen MR) is 120 cm³/mol. The fourth-order valence-corrected chi connectivity index (χ4v) is 5.52. The van der Waals surface area contributed by atoms with Gasteiger partial charge in [0.25, 0.3) is 5.91 Å². The highest BCUT2D eigenvalue weighted by Crippen LogP contribution is 2.41. The van der Waals surface area contributed by atoms with Crippen molar-refractivity contribution in [3.05, 3.63) is 47.8 Å². The lowest BCUT2D eigenvalue weighted by Gasteiger charge is -2.25. The summed E-state index contributed by atoms with van der Waals surface area (Å²) in [5, 5.41) is 8.39. The Bertz CT molecular complexity index is 968. The Balaban J connectivity index is 1.19. The fraction of sp³-hybridized carbons (Fsp3) is 0.583. The molecule has 2 N–H and O–H groups in total. The Hall–Kier alpha value is -2.74. The summed E-state index contributed by atoms with van der Waals surface area (Å²) in [6.07, 6.45) is 8.08. The van der Waals surface area contributed by atoms with Gasteiger partial charge in [-0.05, 0) is 50.5 Å². The summed E-state index contributed by atoms with van der Waals surface area (Å²) in [6.45, 7) is 2.59. The van der Waals surface area contributed by atoms with Crippen molar-refractivity contribution in [3.63, 3.8) is 0 Å². The average molecular weight is 437 g/mol. The molecule has 32 heavy (non-hydrogen) atoms. The Morgan fingerprint density at radius 2 is 1.84 bits per heavy atom. The summed E-state index contributed by atoms with van der Waals surface area (Å²) >= 11 is 0. The van der Waals surface area contributed by atoms with E-state index < -0.39 is 5.41 Å². The van der Waals surface area contributed by atoms with Gasteiger partial charge in [0, 0.05) is 32.2 Å². The van der Waals surface area contributed by atoms with Crippen LogP contribution in [0.2, 0.25) is 0 Å². The van der Waals surface area contributed by atoms with Crippen LogP contribution in [0.1, 0.15) is 60.6 Å². The van der Waals surface area contributed by atoms with E-state index in [0.717, 1.165) is 58.0 Å². The number of amides is 2. The molecule has 3 aliphatic rings. The molecule has 1 saturated carbocycles. The number of aromatic nitrogens is 3. The minimum absolute atomic E-state index is 0.115. The molecule has 2 amide bonds. The first-order valence-corrected chi connectivity index (χ1v) is 11.8. The first-order valence-electron chi connectivity index (χ1n) is 11.8. The molecule has 3 heterocycles. The number of nitrogens with two attached hydrogens (primary N) is 1. The number of hydrogen-bond acceptors (Lipinski definition) is 5. The molecule has 1 aliphatic carbocycles. The fourth-order valence-electron chi connectivity index (χ4n) is 5.52. The summed E-state index contributed by atoms with van der Waals surface area (Å²) < 4.78 is 1.83. The quantitative estimate of drug-likeness (QED) is 0.773. The molecular weight excluding hydrogens is 404 g/mol. The molecule has 8 nitrogen and oxygen atoms in total. The van der Waals surface area contributed by atoms with Crippen LogP contribution in [0.3, 0.4) is 0 Å².